The van der Waals surface area contributed by atoms with Crippen LogP contribution in [-0.2, 0) is 14.8 Å². The van der Waals surface area contributed by atoms with Crippen molar-refractivity contribution in [1.82, 2.24) is 4.31 Å². The van der Waals surface area contributed by atoms with Crippen LogP contribution in [0.3, 0.4) is 0 Å². The normalized spacial score (nSPS) is 19.5. The molecule has 0 unspecified atom stereocenters. The first-order chi connectivity index (χ1) is 10.2. The highest BCUT2D eigenvalue weighted by Gasteiger charge is 2.41. The van der Waals surface area contributed by atoms with Gasteiger partial charge in [-0.3, -0.25) is 4.79 Å². The molecule has 2 rings (SSSR count). The van der Waals surface area contributed by atoms with Crippen molar-refractivity contribution in [3.8, 4) is 5.75 Å². The molecule has 122 valence electrons. The third kappa shape index (κ3) is 3.17. The second kappa shape index (κ2) is 6.13. The van der Waals surface area contributed by atoms with Crippen LogP contribution in [0.4, 0.5) is 13.2 Å². The number of halogens is 3. The predicted octanol–water partition coefficient (Wildman–Crippen LogP) is 1.66. The molecular weight excluding hydrogens is 327 g/mol. The van der Waals surface area contributed by atoms with Gasteiger partial charge in [0.2, 0.25) is 10.0 Å². The van der Waals surface area contributed by atoms with Gasteiger partial charge in [0.05, 0.1) is 0 Å². The second-order valence-electron chi connectivity index (χ2n) is 4.58. The first kappa shape index (κ1) is 16.6. The van der Waals surface area contributed by atoms with E-state index >= 15 is 0 Å². The zero-order chi connectivity index (χ0) is 16.5. The summed E-state index contributed by atoms with van der Waals surface area (Å²) < 4.78 is 67.7. The Morgan fingerprint density at radius 3 is 2.68 bits per heavy atom. The maximum atomic E-state index is 13.3. The number of rotatable bonds is 5. The van der Waals surface area contributed by atoms with Gasteiger partial charge in [-0.25, -0.2) is 12.8 Å². The summed E-state index contributed by atoms with van der Waals surface area (Å²) in [7, 11) is -4.48. The molecule has 1 aromatic rings. The van der Waals surface area contributed by atoms with Gasteiger partial charge >= 0.3 is 12.6 Å². The zero-order valence-electron chi connectivity index (χ0n) is 11.1. The maximum Gasteiger partial charge on any atom is 0.387 e. The Labute approximate surface area is 124 Å². The molecule has 22 heavy (non-hydrogen) atoms. The fourth-order valence-corrected chi connectivity index (χ4v) is 4.06. The van der Waals surface area contributed by atoms with Gasteiger partial charge in [0.25, 0.3) is 0 Å². The minimum atomic E-state index is -4.48. The summed E-state index contributed by atoms with van der Waals surface area (Å²) in [5.74, 6) is -3.05. The number of hydrogen-bond donors (Lipinski definition) is 1. The lowest BCUT2D eigenvalue weighted by molar-refractivity contribution is -0.140. The van der Waals surface area contributed by atoms with Crippen LogP contribution in [0.5, 0.6) is 5.75 Å². The van der Waals surface area contributed by atoms with Gasteiger partial charge < -0.3 is 9.84 Å². The summed E-state index contributed by atoms with van der Waals surface area (Å²) in [6.45, 7) is -3.39. The third-order valence-corrected chi connectivity index (χ3v) is 5.13. The lowest BCUT2D eigenvalue weighted by atomic mass is 10.2. The summed E-state index contributed by atoms with van der Waals surface area (Å²) in [6.07, 6.45) is 0.394. The molecule has 0 spiro atoms. The van der Waals surface area contributed by atoms with Crippen molar-refractivity contribution in [3.05, 3.63) is 24.0 Å². The fraction of sp³-hybridized carbons (Fsp3) is 0.417. The van der Waals surface area contributed by atoms with Crippen LogP contribution in [0.2, 0.25) is 0 Å². The molecule has 0 radical (unpaired) electrons. The average molecular weight is 339 g/mol. The van der Waals surface area contributed by atoms with E-state index in [9.17, 15) is 26.4 Å². The molecule has 0 bridgehead atoms. The van der Waals surface area contributed by atoms with Gasteiger partial charge in [-0.05, 0) is 31.0 Å². The molecular formula is C12H12F3NO5S. The quantitative estimate of drug-likeness (QED) is 0.882. The summed E-state index contributed by atoms with van der Waals surface area (Å²) >= 11 is 0. The molecule has 0 aromatic heterocycles. The number of nitrogens with zero attached hydrogens (tertiary/aromatic N) is 1. The molecule has 1 aromatic carbocycles. The standard InChI is InChI=1S/C12H12F3NO5S/c13-7-3-4-9(21-12(14)15)10(6-7)22(19,20)16-5-1-2-8(16)11(17)18/h3-4,6,8,12H,1-2,5H2,(H,17,18)/t8-/m1/s1. The SMILES string of the molecule is O=C(O)[C@H]1CCCN1S(=O)(=O)c1cc(F)ccc1OC(F)F. The van der Waals surface area contributed by atoms with Gasteiger partial charge in [0.1, 0.15) is 22.5 Å². The number of sulfonamides is 1. The lowest BCUT2D eigenvalue weighted by Crippen LogP contribution is -2.40. The highest BCUT2D eigenvalue weighted by molar-refractivity contribution is 7.89. The van der Waals surface area contributed by atoms with Crippen molar-refractivity contribution in [2.75, 3.05) is 6.54 Å². The Bertz CT molecular complexity index is 679. The van der Waals surface area contributed by atoms with Gasteiger partial charge in [-0.15, -0.1) is 0 Å². The van der Waals surface area contributed by atoms with E-state index < -0.39 is 45.1 Å². The first-order valence-electron chi connectivity index (χ1n) is 6.22. The predicted molar refractivity (Wildman–Crippen MR) is 67.6 cm³/mol. The number of aliphatic carboxylic acids is 1. The molecule has 1 aliphatic rings. The smallest absolute Gasteiger partial charge is 0.387 e. The Hall–Kier alpha value is -1.81. The topological polar surface area (TPSA) is 83.9 Å². The number of ether oxygens (including phenoxy) is 1. The van der Waals surface area contributed by atoms with E-state index in [1.54, 1.807) is 0 Å². The molecule has 1 fully saturated rings. The fourth-order valence-electron chi connectivity index (χ4n) is 2.28. The second-order valence-corrected chi connectivity index (χ2v) is 6.44. The molecule has 0 saturated carbocycles. The van der Waals surface area contributed by atoms with Gasteiger partial charge in [-0.2, -0.15) is 13.1 Å². The summed E-state index contributed by atoms with van der Waals surface area (Å²) in [5, 5.41) is 9.03. The van der Waals surface area contributed by atoms with Gasteiger partial charge in [-0.1, -0.05) is 0 Å². The molecule has 0 aliphatic carbocycles. The largest absolute Gasteiger partial charge is 0.480 e. The van der Waals surface area contributed by atoms with E-state index in [0.717, 1.165) is 12.1 Å². The van der Waals surface area contributed by atoms with Crippen molar-refractivity contribution >= 4 is 16.0 Å². The van der Waals surface area contributed by atoms with Crippen LogP contribution in [0.25, 0.3) is 0 Å². The number of carboxylic acids is 1. The zero-order valence-corrected chi connectivity index (χ0v) is 11.9. The van der Waals surface area contributed by atoms with Crippen LogP contribution in [0, 0.1) is 5.82 Å². The van der Waals surface area contributed by atoms with Crippen molar-refractivity contribution < 1.29 is 36.2 Å². The lowest BCUT2D eigenvalue weighted by Gasteiger charge is -2.22. The number of alkyl halides is 2. The Morgan fingerprint density at radius 1 is 1.41 bits per heavy atom. The highest BCUT2D eigenvalue weighted by atomic mass is 32.2. The number of hydrogen-bond acceptors (Lipinski definition) is 4. The van der Waals surface area contributed by atoms with Crippen molar-refractivity contribution in [2.24, 2.45) is 0 Å². The van der Waals surface area contributed by atoms with Crippen LogP contribution < -0.4 is 4.74 Å². The van der Waals surface area contributed by atoms with Crippen LogP contribution in [-0.4, -0.2) is 43.0 Å². The Morgan fingerprint density at radius 2 is 2.09 bits per heavy atom. The minimum absolute atomic E-state index is 0.0922. The molecule has 1 atom stereocenters. The van der Waals surface area contributed by atoms with Crippen LogP contribution >= 0.6 is 0 Å². The van der Waals surface area contributed by atoms with E-state index in [0.29, 0.717) is 16.8 Å². The van der Waals surface area contributed by atoms with Gasteiger partial charge in [0.15, 0.2) is 0 Å². The van der Waals surface area contributed by atoms with E-state index in [-0.39, 0.29) is 13.0 Å². The molecule has 10 heteroatoms. The molecule has 1 aliphatic heterocycles. The monoisotopic (exact) mass is 339 g/mol. The number of benzene rings is 1. The van der Waals surface area contributed by atoms with Crippen LogP contribution in [0.1, 0.15) is 12.8 Å². The maximum absolute atomic E-state index is 13.3. The number of carbonyl (C=O) groups is 1. The molecule has 1 heterocycles. The van der Waals surface area contributed by atoms with Crippen LogP contribution in [0.15, 0.2) is 23.1 Å². The van der Waals surface area contributed by atoms with E-state index in [2.05, 4.69) is 4.74 Å². The summed E-state index contributed by atoms with van der Waals surface area (Å²) in [4.78, 5) is 10.3. The van der Waals surface area contributed by atoms with Gasteiger partial charge in [0, 0.05) is 6.54 Å². The number of carboxylic acid groups (broad SMARTS) is 1. The van der Waals surface area contributed by atoms with E-state index in [1.165, 1.54) is 0 Å². The van der Waals surface area contributed by atoms with Crippen molar-refractivity contribution in [3.63, 3.8) is 0 Å². The summed E-state index contributed by atoms with van der Waals surface area (Å²) in [5.41, 5.74) is 0. The summed E-state index contributed by atoms with van der Waals surface area (Å²) in [6, 6.07) is 0.757. The molecule has 0 amide bonds. The molecule has 6 nitrogen and oxygen atoms in total. The average Bonchev–Trinajstić information content (AvgIpc) is 2.90. The van der Waals surface area contributed by atoms with Crippen molar-refractivity contribution in [1.29, 1.82) is 0 Å². The highest BCUT2D eigenvalue weighted by Crippen LogP contribution is 2.33. The van der Waals surface area contributed by atoms with E-state index in [1.807, 2.05) is 0 Å². The minimum Gasteiger partial charge on any atom is -0.480 e. The molecule has 1 saturated heterocycles. The Kier molecular flexibility index (Phi) is 4.61. The van der Waals surface area contributed by atoms with Crippen molar-refractivity contribution in [2.45, 2.75) is 30.4 Å². The third-order valence-electron chi connectivity index (χ3n) is 3.20. The Balaban J connectivity index is 2.49. The molecule has 1 N–H and O–H groups in total. The van der Waals surface area contributed by atoms with E-state index in [4.69, 9.17) is 5.11 Å². The first-order valence-corrected chi connectivity index (χ1v) is 7.66.